The zero-order chi connectivity index (χ0) is 17.3. The molecule has 0 aliphatic heterocycles. The summed E-state index contributed by atoms with van der Waals surface area (Å²) in [6.45, 7) is 1.75. The van der Waals surface area contributed by atoms with Gasteiger partial charge in [0.15, 0.2) is 0 Å². The minimum atomic E-state index is -0.491. The van der Waals surface area contributed by atoms with Gasteiger partial charge in [0.05, 0.1) is 16.2 Å². The molecular formula is C14H10ClN5O3S. The number of halogens is 1. The molecule has 0 bridgehead atoms. The summed E-state index contributed by atoms with van der Waals surface area (Å²) in [6.07, 6.45) is 1.47. The van der Waals surface area contributed by atoms with E-state index in [0.717, 1.165) is 0 Å². The molecule has 10 heteroatoms. The zero-order valence-corrected chi connectivity index (χ0v) is 13.8. The lowest BCUT2D eigenvalue weighted by Crippen LogP contribution is -1.93. The van der Waals surface area contributed by atoms with Crippen LogP contribution in [-0.2, 0) is 0 Å². The summed E-state index contributed by atoms with van der Waals surface area (Å²) in [5, 5.41) is 22.0. The first-order valence-corrected chi connectivity index (χ1v) is 7.47. The van der Waals surface area contributed by atoms with Crippen LogP contribution in [0.5, 0.6) is 0 Å². The summed E-state index contributed by atoms with van der Waals surface area (Å²) >= 11 is 11.1. The van der Waals surface area contributed by atoms with Crippen molar-refractivity contribution in [3.63, 3.8) is 0 Å². The topological polar surface area (TPSA) is 102 Å². The van der Waals surface area contributed by atoms with E-state index >= 15 is 0 Å². The normalized spacial score (nSPS) is 11.2. The van der Waals surface area contributed by atoms with Crippen molar-refractivity contribution in [2.75, 3.05) is 0 Å². The minimum Gasteiger partial charge on any atom is -0.455 e. The second-order valence-corrected chi connectivity index (χ2v) is 5.55. The lowest BCUT2D eigenvalue weighted by atomic mass is 10.1. The number of rotatable bonds is 4. The Morgan fingerprint density at radius 2 is 2.25 bits per heavy atom. The molecule has 3 rings (SSSR count). The molecule has 0 atom stereocenters. The van der Waals surface area contributed by atoms with E-state index in [9.17, 15) is 10.1 Å². The monoisotopic (exact) mass is 363 g/mol. The lowest BCUT2D eigenvalue weighted by Gasteiger charge is -2.00. The third kappa shape index (κ3) is 3.12. The molecule has 0 radical (unpaired) electrons. The van der Waals surface area contributed by atoms with Crippen molar-refractivity contribution in [3.8, 4) is 11.3 Å². The van der Waals surface area contributed by atoms with E-state index in [1.54, 1.807) is 19.1 Å². The standard InChI is InChI=1S/C14H10ClN5O3S/c1-8-17-18-14(24)19(8)16-7-10-3-5-13(23-10)11-6-9(20(21)22)2-4-12(11)15/h2-7H,1H3,(H,18,24)/b16-7-. The van der Waals surface area contributed by atoms with Gasteiger partial charge in [-0.1, -0.05) is 11.6 Å². The fraction of sp³-hybridized carbons (Fsp3) is 0.0714. The Hall–Kier alpha value is -2.78. The first-order valence-electron chi connectivity index (χ1n) is 6.68. The molecule has 3 aromatic rings. The number of nitro groups is 1. The Labute approximate surface area is 145 Å². The van der Waals surface area contributed by atoms with Gasteiger partial charge in [0, 0.05) is 17.7 Å². The van der Waals surface area contributed by atoms with E-state index in [1.165, 1.54) is 29.1 Å². The fourth-order valence-corrected chi connectivity index (χ4v) is 2.44. The summed E-state index contributed by atoms with van der Waals surface area (Å²) in [7, 11) is 0. The average molecular weight is 364 g/mol. The van der Waals surface area contributed by atoms with Gasteiger partial charge in [0.2, 0.25) is 4.77 Å². The Bertz CT molecular complexity index is 1000. The van der Waals surface area contributed by atoms with Gasteiger partial charge in [-0.15, -0.1) is 0 Å². The lowest BCUT2D eigenvalue weighted by molar-refractivity contribution is -0.384. The molecule has 2 heterocycles. The summed E-state index contributed by atoms with van der Waals surface area (Å²) in [4.78, 5) is 10.4. The van der Waals surface area contributed by atoms with Crippen LogP contribution < -0.4 is 0 Å². The van der Waals surface area contributed by atoms with Gasteiger partial charge in [0.25, 0.3) is 5.69 Å². The van der Waals surface area contributed by atoms with Gasteiger partial charge in [-0.05, 0) is 37.3 Å². The molecule has 122 valence electrons. The van der Waals surface area contributed by atoms with Crippen molar-refractivity contribution in [1.82, 2.24) is 14.9 Å². The van der Waals surface area contributed by atoms with Crippen LogP contribution in [0, 0.1) is 21.8 Å². The summed E-state index contributed by atoms with van der Waals surface area (Å²) < 4.78 is 7.43. The summed E-state index contributed by atoms with van der Waals surface area (Å²) in [6, 6.07) is 7.49. The van der Waals surface area contributed by atoms with Crippen molar-refractivity contribution in [1.29, 1.82) is 0 Å². The predicted octanol–water partition coefficient (Wildman–Crippen LogP) is 3.95. The Kier molecular flexibility index (Phi) is 4.28. The SMILES string of the molecule is Cc1n[nH]c(=S)n1/N=C\c1ccc(-c2cc([N+](=O)[O-])ccc2Cl)o1. The number of benzene rings is 1. The molecule has 0 fully saturated rings. The van der Waals surface area contributed by atoms with Gasteiger partial charge in [0.1, 0.15) is 17.3 Å². The van der Waals surface area contributed by atoms with Gasteiger partial charge < -0.3 is 4.42 Å². The molecule has 1 aromatic carbocycles. The Balaban J connectivity index is 1.93. The van der Waals surface area contributed by atoms with Crippen molar-refractivity contribution >= 4 is 35.7 Å². The van der Waals surface area contributed by atoms with Crippen LogP contribution in [0.15, 0.2) is 39.9 Å². The quantitative estimate of drug-likeness (QED) is 0.327. The fourth-order valence-electron chi connectivity index (χ4n) is 2.00. The van der Waals surface area contributed by atoms with E-state index in [-0.39, 0.29) is 5.69 Å². The number of non-ortho nitro benzene ring substituents is 1. The molecule has 1 N–H and O–H groups in total. The van der Waals surface area contributed by atoms with Crippen LogP contribution >= 0.6 is 23.8 Å². The van der Waals surface area contributed by atoms with Gasteiger partial charge in [-0.25, -0.2) is 0 Å². The maximum Gasteiger partial charge on any atom is 0.270 e. The smallest absolute Gasteiger partial charge is 0.270 e. The maximum absolute atomic E-state index is 10.9. The van der Waals surface area contributed by atoms with Crippen LogP contribution in [-0.4, -0.2) is 26.0 Å². The van der Waals surface area contributed by atoms with Gasteiger partial charge in [-0.3, -0.25) is 15.2 Å². The van der Waals surface area contributed by atoms with Crippen LogP contribution in [0.4, 0.5) is 5.69 Å². The van der Waals surface area contributed by atoms with Crippen molar-refractivity contribution < 1.29 is 9.34 Å². The highest BCUT2D eigenvalue weighted by Gasteiger charge is 2.14. The third-order valence-corrected chi connectivity index (χ3v) is 3.76. The van der Waals surface area contributed by atoms with Crippen LogP contribution in [0.1, 0.15) is 11.6 Å². The van der Waals surface area contributed by atoms with E-state index in [1.807, 2.05) is 0 Å². The number of hydrogen-bond acceptors (Lipinski definition) is 6. The second kappa shape index (κ2) is 6.38. The molecule has 0 aliphatic carbocycles. The first kappa shape index (κ1) is 16.1. The predicted molar refractivity (Wildman–Crippen MR) is 90.9 cm³/mol. The molecule has 0 saturated heterocycles. The number of H-pyrrole nitrogens is 1. The van der Waals surface area contributed by atoms with E-state index < -0.39 is 4.92 Å². The highest BCUT2D eigenvalue weighted by atomic mass is 35.5. The van der Waals surface area contributed by atoms with Gasteiger partial charge in [-0.2, -0.15) is 14.9 Å². The zero-order valence-electron chi connectivity index (χ0n) is 12.3. The van der Waals surface area contributed by atoms with E-state index in [4.69, 9.17) is 28.2 Å². The molecule has 0 aliphatic rings. The van der Waals surface area contributed by atoms with Gasteiger partial charge >= 0.3 is 0 Å². The molecular weight excluding hydrogens is 354 g/mol. The molecule has 0 saturated carbocycles. The molecule has 8 nitrogen and oxygen atoms in total. The van der Waals surface area contributed by atoms with Crippen molar-refractivity contribution in [3.05, 3.63) is 61.8 Å². The Morgan fingerprint density at radius 1 is 1.46 bits per heavy atom. The molecule has 24 heavy (non-hydrogen) atoms. The summed E-state index contributed by atoms with van der Waals surface area (Å²) in [5.41, 5.74) is 0.364. The number of aromatic amines is 1. The van der Waals surface area contributed by atoms with Crippen LogP contribution in [0.25, 0.3) is 11.3 Å². The average Bonchev–Trinajstić information content (AvgIpc) is 3.13. The molecule has 0 amide bonds. The second-order valence-electron chi connectivity index (χ2n) is 4.76. The van der Waals surface area contributed by atoms with Crippen molar-refractivity contribution in [2.24, 2.45) is 5.10 Å². The number of nitro benzene ring substituents is 1. The highest BCUT2D eigenvalue weighted by Crippen LogP contribution is 2.32. The summed E-state index contributed by atoms with van der Waals surface area (Å²) in [5.74, 6) is 1.44. The first-order chi connectivity index (χ1) is 11.5. The van der Waals surface area contributed by atoms with Crippen LogP contribution in [0.3, 0.4) is 0 Å². The number of nitrogens with zero attached hydrogens (tertiary/aromatic N) is 4. The molecule has 2 aromatic heterocycles. The number of aryl methyl sites for hydroxylation is 1. The van der Waals surface area contributed by atoms with Crippen LogP contribution in [0.2, 0.25) is 5.02 Å². The third-order valence-electron chi connectivity index (χ3n) is 3.17. The molecule has 0 unspecified atom stereocenters. The van der Waals surface area contributed by atoms with E-state index in [0.29, 0.717) is 32.7 Å². The van der Waals surface area contributed by atoms with E-state index in [2.05, 4.69) is 15.3 Å². The molecule has 0 spiro atoms. The Morgan fingerprint density at radius 3 is 2.92 bits per heavy atom. The largest absolute Gasteiger partial charge is 0.455 e. The number of furan rings is 1. The maximum atomic E-state index is 10.9. The van der Waals surface area contributed by atoms with Crippen molar-refractivity contribution in [2.45, 2.75) is 6.92 Å². The number of aromatic nitrogens is 3. The highest BCUT2D eigenvalue weighted by molar-refractivity contribution is 7.71. The minimum absolute atomic E-state index is 0.0682. The number of nitrogens with one attached hydrogen (secondary N) is 1. The number of hydrogen-bond donors (Lipinski definition) is 1.